The SMILES string of the molecule is CC(C)Nc1nccc(N(CCN=C(N)N)C(=O)c2ccc3c(c2)CCO3)n1. The highest BCUT2D eigenvalue weighted by Crippen LogP contribution is 2.27. The molecule has 0 saturated heterocycles. The van der Waals surface area contributed by atoms with Crippen LogP contribution in [-0.2, 0) is 6.42 Å². The van der Waals surface area contributed by atoms with Crippen LogP contribution in [0.2, 0.25) is 0 Å². The normalized spacial score (nSPS) is 12.2. The summed E-state index contributed by atoms with van der Waals surface area (Å²) in [6.45, 7) is 5.16. The Balaban J connectivity index is 1.90. The molecule has 1 aromatic heterocycles. The predicted octanol–water partition coefficient (Wildman–Crippen LogP) is 1.15. The molecule has 9 heteroatoms. The first-order valence-electron chi connectivity index (χ1n) is 9.16. The summed E-state index contributed by atoms with van der Waals surface area (Å²) < 4.78 is 5.52. The second-order valence-electron chi connectivity index (χ2n) is 6.72. The molecule has 9 nitrogen and oxygen atoms in total. The molecule has 0 bridgehead atoms. The number of nitrogens with two attached hydrogens (primary N) is 2. The lowest BCUT2D eigenvalue weighted by molar-refractivity contribution is 0.0987. The van der Waals surface area contributed by atoms with Crippen molar-refractivity contribution in [3.63, 3.8) is 0 Å². The Kier molecular flexibility index (Phi) is 5.93. The zero-order valence-corrected chi connectivity index (χ0v) is 16.1. The monoisotopic (exact) mass is 383 g/mol. The molecule has 28 heavy (non-hydrogen) atoms. The number of carbonyl (C=O) groups excluding carboxylic acids is 1. The van der Waals surface area contributed by atoms with Crippen molar-refractivity contribution < 1.29 is 9.53 Å². The number of nitrogens with zero attached hydrogens (tertiary/aromatic N) is 4. The van der Waals surface area contributed by atoms with Gasteiger partial charge in [-0.2, -0.15) is 4.98 Å². The maximum Gasteiger partial charge on any atom is 0.259 e. The highest BCUT2D eigenvalue weighted by molar-refractivity contribution is 6.06. The number of hydrogen-bond acceptors (Lipinski definition) is 6. The van der Waals surface area contributed by atoms with Crippen LogP contribution in [0.3, 0.4) is 0 Å². The molecule has 3 rings (SSSR count). The smallest absolute Gasteiger partial charge is 0.259 e. The van der Waals surface area contributed by atoms with Gasteiger partial charge in [0.15, 0.2) is 5.96 Å². The van der Waals surface area contributed by atoms with E-state index in [1.54, 1.807) is 23.2 Å². The summed E-state index contributed by atoms with van der Waals surface area (Å²) in [5.41, 5.74) is 12.4. The molecule has 0 atom stereocenters. The molecule has 0 aliphatic carbocycles. The lowest BCUT2D eigenvalue weighted by Gasteiger charge is -2.22. The van der Waals surface area contributed by atoms with E-state index in [4.69, 9.17) is 16.2 Å². The van der Waals surface area contributed by atoms with E-state index < -0.39 is 0 Å². The van der Waals surface area contributed by atoms with Gasteiger partial charge in [-0.25, -0.2) is 4.98 Å². The third-order valence-electron chi connectivity index (χ3n) is 4.13. The van der Waals surface area contributed by atoms with Crippen LogP contribution in [0.15, 0.2) is 35.5 Å². The Morgan fingerprint density at radius 3 is 2.93 bits per heavy atom. The summed E-state index contributed by atoms with van der Waals surface area (Å²) in [5, 5.41) is 3.14. The van der Waals surface area contributed by atoms with Crippen molar-refractivity contribution in [2.24, 2.45) is 16.5 Å². The fourth-order valence-corrected chi connectivity index (χ4v) is 2.90. The minimum absolute atomic E-state index is 0.0214. The summed E-state index contributed by atoms with van der Waals surface area (Å²) >= 11 is 0. The van der Waals surface area contributed by atoms with Crippen LogP contribution < -0.4 is 26.4 Å². The average molecular weight is 383 g/mol. The quantitative estimate of drug-likeness (QED) is 0.483. The Morgan fingerprint density at radius 1 is 1.36 bits per heavy atom. The van der Waals surface area contributed by atoms with E-state index in [0.717, 1.165) is 17.7 Å². The minimum atomic E-state index is -0.185. The molecule has 0 saturated carbocycles. The first kappa shape index (κ1) is 19.4. The van der Waals surface area contributed by atoms with Gasteiger partial charge in [0.2, 0.25) is 5.95 Å². The summed E-state index contributed by atoms with van der Waals surface area (Å²) in [6, 6.07) is 7.31. The van der Waals surface area contributed by atoms with Crippen LogP contribution in [0.25, 0.3) is 0 Å². The lowest BCUT2D eigenvalue weighted by atomic mass is 10.1. The molecule has 5 N–H and O–H groups in total. The van der Waals surface area contributed by atoms with Gasteiger partial charge < -0.3 is 21.5 Å². The number of carbonyl (C=O) groups is 1. The number of benzene rings is 1. The summed E-state index contributed by atoms with van der Waals surface area (Å²) in [5.74, 6) is 1.55. The molecular formula is C19H25N7O2. The number of aliphatic imine (C=N–C) groups is 1. The highest BCUT2D eigenvalue weighted by Gasteiger charge is 2.22. The zero-order chi connectivity index (χ0) is 20.1. The third kappa shape index (κ3) is 4.67. The number of fused-ring (bicyclic) bond motifs is 1. The molecule has 2 aromatic rings. The van der Waals surface area contributed by atoms with E-state index >= 15 is 0 Å². The molecule has 1 aliphatic heterocycles. The van der Waals surface area contributed by atoms with Crippen molar-refractivity contribution in [2.45, 2.75) is 26.3 Å². The number of amides is 1. The summed E-state index contributed by atoms with van der Waals surface area (Å²) in [6.07, 6.45) is 2.41. The second-order valence-corrected chi connectivity index (χ2v) is 6.72. The number of nitrogens with one attached hydrogen (secondary N) is 1. The van der Waals surface area contributed by atoms with Gasteiger partial charge in [0.05, 0.1) is 13.2 Å². The van der Waals surface area contributed by atoms with Crippen LogP contribution in [-0.4, -0.2) is 47.6 Å². The van der Waals surface area contributed by atoms with Gasteiger partial charge in [-0.15, -0.1) is 0 Å². The largest absolute Gasteiger partial charge is 0.493 e. The van der Waals surface area contributed by atoms with Crippen molar-refractivity contribution in [2.75, 3.05) is 29.9 Å². The predicted molar refractivity (Wildman–Crippen MR) is 109 cm³/mol. The van der Waals surface area contributed by atoms with Gasteiger partial charge in [-0.1, -0.05) is 0 Å². The molecule has 0 unspecified atom stereocenters. The van der Waals surface area contributed by atoms with Gasteiger partial charge in [-0.3, -0.25) is 14.7 Å². The first-order valence-corrected chi connectivity index (χ1v) is 9.16. The molecule has 1 amide bonds. The van der Waals surface area contributed by atoms with E-state index in [1.165, 1.54) is 0 Å². The number of guanidine groups is 1. The van der Waals surface area contributed by atoms with E-state index in [-0.39, 0.29) is 31.0 Å². The van der Waals surface area contributed by atoms with Crippen LogP contribution in [0, 0.1) is 0 Å². The Hall–Kier alpha value is -3.36. The third-order valence-corrected chi connectivity index (χ3v) is 4.13. The fourth-order valence-electron chi connectivity index (χ4n) is 2.90. The van der Waals surface area contributed by atoms with Crippen molar-refractivity contribution >= 4 is 23.6 Å². The van der Waals surface area contributed by atoms with Crippen molar-refractivity contribution in [1.29, 1.82) is 0 Å². The average Bonchev–Trinajstić information content (AvgIpc) is 3.12. The van der Waals surface area contributed by atoms with E-state index in [1.807, 2.05) is 26.0 Å². The molecule has 0 radical (unpaired) electrons. The maximum absolute atomic E-state index is 13.2. The number of aromatic nitrogens is 2. The van der Waals surface area contributed by atoms with Crippen molar-refractivity contribution in [3.8, 4) is 5.75 Å². The van der Waals surface area contributed by atoms with Crippen LogP contribution in [0.1, 0.15) is 29.8 Å². The topological polar surface area (TPSA) is 132 Å². The van der Waals surface area contributed by atoms with Crippen LogP contribution in [0.4, 0.5) is 11.8 Å². The zero-order valence-electron chi connectivity index (χ0n) is 16.1. The first-order chi connectivity index (χ1) is 13.4. The van der Waals surface area contributed by atoms with Crippen LogP contribution in [0.5, 0.6) is 5.75 Å². The Bertz CT molecular complexity index is 878. The molecule has 2 heterocycles. The molecule has 1 aliphatic rings. The van der Waals surface area contributed by atoms with Gasteiger partial charge in [0.1, 0.15) is 11.6 Å². The molecule has 0 spiro atoms. The van der Waals surface area contributed by atoms with Crippen LogP contribution >= 0.6 is 0 Å². The fraction of sp³-hybridized carbons (Fsp3) is 0.368. The summed E-state index contributed by atoms with van der Waals surface area (Å²) in [7, 11) is 0. The number of rotatable bonds is 7. The lowest BCUT2D eigenvalue weighted by Crippen LogP contribution is -2.35. The van der Waals surface area contributed by atoms with Crippen molar-refractivity contribution in [1.82, 2.24) is 9.97 Å². The molecule has 148 valence electrons. The second kappa shape index (κ2) is 8.55. The van der Waals surface area contributed by atoms with Gasteiger partial charge >= 0.3 is 0 Å². The number of anilines is 2. The molecular weight excluding hydrogens is 358 g/mol. The number of ether oxygens (including phenoxy) is 1. The molecule has 0 fully saturated rings. The Labute approximate surface area is 163 Å². The summed E-state index contributed by atoms with van der Waals surface area (Å²) in [4.78, 5) is 27.5. The number of hydrogen-bond donors (Lipinski definition) is 3. The van der Waals surface area contributed by atoms with Gasteiger partial charge in [0, 0.05) is 30.8 Å². The van der Waals surface area contributed by atoms with Gasteiger partial charge in [0.25, 0.3) is 5.91 Å². The van der Waals surface area contributed by atoms with Crippen molar-refractivity contribution in [3.05, 3.63) is 41.6 Å². The van der Waals surface area contributed by atoms with Gasteiger partial charge in [-0.05, 0) is 43.7 Å². The van der Waals surface area contributed by atoms with E-state index in [0.29, 0.717) is 23.9 Å². The highest BCUT2D eigenvalue weighted by atomic mass is 16.5. The Morgan fingerprint density at radius 2 is 2.18 bits per heavy atom. The molecule has 1 aromatic carbocycles. The minimum Gasteiger partial charge on any atom is -0.493 e. The van der Waals surface area contributed by atoms with E-state index in [9.17, 15) is 4.79 Å². The standard InChI is InChI=1S/C19H25N7O2/c1-12(2)24-19-23-7-5-16(25-19)26(9-8-22-18(20)21)17(27)14-3-4-15-13(11-14)6-10-28-15/h3-5,7,11-12H,6,8-10H2,1-2H3,(H4,20,21,22)(H,23,24,25). The van der Waals surface area contributed by atoms with E-state index in [2.05, 4.69) is 20.3 Å². The maximum atomic E-state index is 13.2.